The summed E-state index contributed by atoms with van der Waals surface area (Å²) in [6.07, 6.45) is 1.00. The van der Waals surface area contributed by atoms with Crippen LogP contribution in [0.25, 0.3) is 0 Å². The second kappa shape index (κ2) is 9.43. The number of para-hydroxylation sites is 2. The van der Waals surface area contributed by atoms with Gasteiger partial charge in [0.1, 0.15) is 5.60 Å². The van der Waals surface area contributed by atoms with E-state index in [-0.39, 0.29) is 30.7 Å². The van der Waals surface area contributed by atoms with Crippen LogP contribution >= 0.6 is 0 Å². The van der Waals surface area contributed by atoms with Crippen LogP contribution in [0.2, 0.25) is 0 Å². The SMILES string of the molecule is CC(C)(C)OC(=O)NCCC(=O)Nc1ccccc1N1CCC(C(N)=O)CC1. The third kappa shape index (κ3) is 6.75. The van der Waals surface area contributed by atoms with Crippen molar-refractivity contribution in [1.29, 1.82) is 0 Å². The summed E-state index contributed by atoms with van der Waals surface area (Å²) in [5, 5.41) is 5.47. The zero-order chi connectivity index (χ0) is 20.7. The lowest BCUT2D eigenvalue weighted by atomic mass is 9.96. The molecule has 8 heteroatoms. The lowest BCUT2D eigenvalue weighted by molar-refractivity contribution is -0.122. The highest BCUT2D eigenvalue weighted by Gasteiger charge is 2.24. The van der Waals surface area contributed by atoms with E-state index in [1.54, 1.807) is 20.8 Å². The number of carbonyl (C=O) groups is 3. The van der Waals surface area contributed by atoms with Gasteiger partial charge in [-0.05, 0) is 45.7 Å². The number of anilines is 2. The maximum atomic E-state index is 12.3. The van der Waals surface area contributed by atoms with E-state index < -0.39 is 11.7 Å². The number of benzene rings is 1. The summed E-state index contributed by atoms with van der Waals surface area (Å²) in [5.74, 6) is -0.536. The molecule has 8 nitrogen and oxygen atoms in total. The zero-order valence-corrected chi connectivity index (χ0v) is 16.8. The molecule has 1 aromatic rings. The molecule has 1 aliphatic rings. The predicted molar refractivity (Wildman–Crippen MR) is 108 cm³/mol. The summed E-state index contributed by atoms with van der Waals surface area (Å²) in [4.78, 5) is 37.4. The van der Waals surface area contributed by atoms with E-state index in [0.717, 1.165) is 5.69 Å². The molecule has 2 rings (SSSR count). The third-order valence-electron chi connectivity index (χ3n) is 4.44. The van der Waals surface area contributed by atoms with E-state index in [4.69, 9.17) is 10.5 Å². The van der Waals surface area contributed by atoms with Crippen molar-refractivity contribution >= 4 is 29.3 Å². The van der Waals surface area contributed by atoms with E-state index in [9.17, 15) is 14.4 Å². The van der Waals surface area contributed by atoms with Gasteiger partial charge in [0.15, 0.2) is 0 Å². The minimum Gasteiger partial charge on any atom is -0.444 e. The molecular formula is C20H30N4O4. The van der Waals surface area contributed by atoms with Crippen LogP contribution in [0.1, 0.15) is 40.0 Å². The Morgan fingerprint density at radius 1 is 1.18 bits per heavy atom. The Labute approximate surface area is 165 Å². The van der Waals surface area contributed by atoms with Gasteiger partial charge in [-0.25, -0.2) is 4.79 Å². The second-order valence-corrected chi connectivity index (χ2v) is 7.91. The molecule has 4 N–H and O–H groups in total. The summed E-state index contributed by atoms with van der Waals surface area (Å²) in [5.41, 5.74) is 6.45. The van der Waals surface area contributed by atoms with Crippen molar-refractivity contribution in [3.63, 3.8) is 0 Å². The van der Waals surface area contributed by atoms with Crippen molar-refractivity contribution in [2.45, 2.75) is 45.6 Å². The van der Waals surface area contributed by atoms with Crippen LogP contribution in [-0.2, 0) is 14.3 Å². The van der Waals surface area contributed by atoms with E-state index in [0.29, 0.717) is 31.6 Å². The molecular weight excluding hydrogens is 360 g/mol. The Kier molecular flexibility index (Phi) is 7.25. The number of rotatable bonds is 6. The van der Waals surface area contributed by atoms with Crippen LogP contribution in [0, 0.1) is 5.92 Å². The van der Waals surface area contributed by atoms with Crippen LogP contribution in [0.4, 0.5) is 16.2 Å². The summed E-state index contributed by atoms with van der Waals surface area (Å²) >= 11 is 0. The number of nitrogens with two attached hydrogens (primary N) is 1. The highest BCUT2D eigenvalue weighted by molar-refractivity contribution is 5.94. The molecule has 0 radical (unpaired) electrons. The lowest BCUT2D eigenvalue weighted by Gasteiger charge is -2.33. The fraction of sp³-hybridized carbons (Fsp3) is 0.550. The Balaban J connectivity index is 1.86. The number of amides is 3. The van der Waals surface area contributed by atoms with Crippen molar-refractivity contribution in [1.82, 2.24) is 5.32 Å². The summed E-state index contributed by atoms with van der Waals surface area (Å²) in [6, 6.07) is 7.55. The van der Waals surface area contributed by atoms with Gasteiger partial charge >= 0.3 is 6.09 Å². The first-order chi connectivity index (χ1) is 13.2. The number of hydrogen-bond donors (Lipinski definition) is 3. The molecule has 1 aliphatic heterocycles. The molecule has 154 valence electrons. The number of alkyl carbamates (subject to hydrolysis) is 1. The molecule has 1 heterocycles. The van der Waals surface area contributed by atoms with Gasteiger partial charge in [0.05, 0.1) is 11.4 Å². The second-order valence-electron chi connectivity index (χ2n) is 7.91. The number of primary amides is 1. The maximum absolute atomic E-state index is 12.3. The van der Waals surface area contributed by atoms with Crippen molar-refractivity contribution < 1.29 is 19.1 Å². The van der Waals surface area contributed by atoms with Gasteiger partial charge in [-0.15, -0.1) is 0 Å². The zero-order valence-electron chi connectivity index (χ0n) is 16.8. The number of hydrogen-bond acceptors (Lipinski definition) is 5. The Bertz CT molecular complexity index is 706. The van der Waals surface area contributed by atoms with Gasteiger partial charge < -0.3 is 26.0 Å². The highest BCUT2D eigenvalue weighted by Crippen LogP contribution is 2.29. The van der Waals surface area contributed by atoms with E-state index in [1.807, 2.05) is 24.3 Å². The minimum absolute atomic E-state index is 0.0862. The maximum Gasteiger partial charge on any atom is 0.407 e. The predicted octanol–water partition coefficient (Wildman–Crippen LogP) is 2.24. The largest absolute Gasteiger partial charge is 0.444 e. The molecule has 0 saturated carbocycles. The van der Waals surface area contributed by atoms with Crippen molar-refractivity contribution in [2.24, 2.45) is 11.7 Å². The number of nitrogens with zero attached hydrogens (tertiary/aromatic N) is 1. The van der Waals surface area contributed by atoms with Gasteiger partial charge in [0.2, 0.25) is 11.8 Å². The lowest BCUT2D eigenvalue weighted by Crippen LogP contribution is -2.39. The Morgan fingerprint density at radius 3 is 2.43 bits per heavy atom. The molecule has 0 aromatic heterocycles. The number of carbonyl (C=O) groups excluding carboxylic acids is 3. The normalized spacial score (nSPS) is 15.0. The molecule has 1 aromatic carbocycles. The average Bonchev–Trinajstić information content (AvgIpc) is 2.60. The smallest absolute Gasteiger partial charge is 0.407 e. The van der Waals surface area contributed by atoms with Crippen molar-refractivity contribution in [3.05, 3.63) is 24.3 Å². The highest BCUT2D eigenvalue weighted by atomic mass is 16.6. The van der Waals surface area contributed by atoms with E-state index in [1.165, 1.54) is 0 Å². The van der Waals surface area contributed by atoms with E-state index >= 15 is 0 Å². The Hall–Kier alpha value is -2.77. The van der Waals surface area contributed by atoms with E-state index in [2.05, 4.69) is 15.5 Å². The van der Waals surface area contributed by atoms with Gasteiger partial charge in [0.25, 0.3) is 0 Å². The standard InChI is InChI=1S/C20H30N4O4/c1-20(2,3)28-19(27)22-11-8-17(25)23-15-6-4-5-7-16(15)24-12-9-14(10-13-24)18(21)26/h4-7,14H,8-13H2,1-3H3,(H2,21,26)(H,22,27)(H,23,25). The Morgan fingerprint density at radius 2 is 1.82 bits per heavy atom. The molecule has 0 aliphatic carbocycles. The van der Waals surface area contributed by atoms with Crippen molar-refractivity contribution in [3.8, 4) is 0 Å². The molecule has 0 spiro atoms. The molecule has 0 bridgehead atoms. The van der Waals surface area contributed by atoms with Crippen LogP contribution in [0.5, 0.6) is 0 Å². The minimum atomic E-state index is -0.576. The van der Waals surface area contributed by atoms with Gasteiger partial charge in [0, 0.05) is 32.0 Å². The fourth-order valence-corrected chi connectivity index (χ4v) is 3.06. The van der Waals surface area contributed by atoms with Gasteiger partial charge in [-0.3, -0.25) is 9.59 Å². The van der Waals surface area contributed by atoms with Crippen LogP contribution in [-0.4, -0.2) is 43.1 Å². The number of piperidine rings is 1. The number of ether oxygens (including phenoxy) is 1. The summed E-state index contributed by atoms with van der Waals surface area (Å²) < 4.78 is 5.14. The third-order valence-corrected chi connectivity index (χ3v) is 4.44. The van der Waals surface area contributed by atoms with Crippen LogP contribution in [0.3, 0.4) is 0 Å². The quantitative estimate of drug-likeness (QED) is 0.689. The first kappa shape index (κ1) is 21.5. The molecule has 0 unspecified atom stereocenters. The summed E-state index contributed by atoms with van der Waals surface area (Å²) in [6.45, 7) is 6.95. The van der Waals surface area contributed by atoms with Crippen LogP contribution < -0.4 is 21.3 Å². The van der Waals surface area contributed by atoms with Crippen molar-refractivity contribution in [2.75, 3.05) is 29.9 Å². The molecule has 1 saturated heterocycles. The topological polar surface area (TPSA) is 114 Å². The summed E-state index contributed by atoms with van der Waals surface area (Å²) in [7, 11) is 0. The average molecular weight is 390 g/mol. The molecule has 3 amide bonds. The number of nitrogens with one attached hydrogen (secondary N) is 2. The monoisotopic (exact) mass is 390 g/mol. The fourth-order valence-electron chi connectivity index (χ4n) is 3.06. The van der Waals surface area contributed by atoms with Crippen LogP contribution in [0.15, 0.2) is 24.3 Å². The first-order valence-electron chi connectivity index (χ1n) is 9.55. The molecule has 1 fully saturated rings. The van der Waals surface area contributed by atoms with Gasteiger partial charge in [-0.1, -0.05) is 12.1 Å². The molecule has 0 atom stereocenters. The van der Waals surface area contributed by atoms with Gasteiger partial charge in [-0.2, -0.15) is 0 Å². The molecule has 28 heavy (non-hydrogen) atoms. The first-order valence-corrected chi connectivity index (χ1v) is 9.55.